The van der Waals surface area contributed by atoms with Gasteiger partial charge in [-0.25, -0.2) is 0 Å². The summed E-state index contributed by atoms with van der Waals surface area (Å²) in [6.07, 6.45) is 1.20. The van der Waals surface area contributed by atoms with Crippen LogP contribution >= 0.6 is 11.8 Å². The summed E-state index contributed by atoms with van der Waals surface area (Å²) in [4.78, 5) is 3.86. The summed E-state index contributed by atoms with van der Waals surface area (Å²) in [6.45, 7) is 2.22. The molecule has 1 rings (SSSR count). The van der Waals surface area contributed by atoms with Crippen LogP contribution in [0.5, 0.6) is 0 Å². The molecule has 0 aromatic rings. The maximum Gasteiger partial charge on any atom is 0.188 e. The molecule has 0 saturated carbocycles. The van der Waals surface area contributed by atoms with Gasteiger partial charge >= 0.3 is 0 Å². The van der Waals surface area contributed by atoms with Gasteiger partial charge in [-0.05, 0) is 12.2 Å². The summed E-state index contributed by atoms with van der Waals surface area (Å²) >= 11 is 1.98. The highest BCUT2D eigenvalue weighted by Gasteiger charge is 2.23. The summed E-state index contributed by atoms with van der Waals surface area (Å²) < 4.78 is 0. The molecule has 1 aliphatic heterocycles. The Morgan fingerprint density at radius 3 is 2.91 bits per heavy atom. The first-order valence-corrected chi connectivity index (χ1v) is 4.89. The number of hydrogen-bond donors (Lipinski definition) is 2. The van der Waals surface area contributed by atoms with E-state index in [2.05, 4.69) is 17.2 Å². The van der Waals surface area contributed by atoms with Crippen molar-refractivity contribution in [2.75, 3.05) is 12.8 Å². The van der Waals surface area contributed by atoms with Crippen LogP contribution in [0.2, 0.25) is 0 Å². The second kappa shape index (κ2) is 3.85. The third-order valence-corrected chi connectivity index (χ3v) is 3.28. The fraction of sp³-hybridized carbons (Fsp3) is 0.857. The van der Waals surface area contributed by atoms with Gasteiger partial charge in [-0.15, -0.1) is 0 Å². The van der Waals surface area contributed by atoms with E-state index in [0.29, 0.717) is 17.3 Å². The van der Waals surface area contributed by atoms with Gasteiger partial charge in [0.15, 0.2) is 5.96 Å². The molecular weight excluding hydrogens is 158 g/mol. The second-order valence-corrected chi connectivity index (χ2v) is 4.21. The smallest absolute Gasteiger partial charge is 0.188 e. The van der Waals surface area contributed by atoms with Crippen LogP contribution in [0.4, 0.5) is 0 Å². The number of guanidine groups is 1. The molecule has 0 bridgehead atoms. The third kappa shape index (κ3) is 2.29. The number of rotatable bonds is 1. The Kier molecular flexibility index (Phi) is 3.05. The largest absolute Gasteiger partial charge is 0.370 e. The first-order valence-electron chi connectivity index (χ1n) is 3.84. The van der Waals surface area contributed by atoms with Crippen molar-refractivity contribution in [2.24, 2.45) is 10.7 Å². The highest BCUT2D eigenvalue weighted by atomic mass is 32.2. The van der Waals surface area contributed by atoms with Gasteiger partial charge in [0.2, 0.25) is 0 Å². The Labute approximate surface area is 71.8 Å². The first kappa shape index (κ1) is 8.71. The highest BCUT2D eigenvalue weighted by Crippen LogP contribution is 2.25. The Hall–Kier alpha value is -0.380. The van der Waals surface area contributed by atoms with E-state index in [1.54, 1.807) is 7.05 Å². The van der Waals surface area contributed by atoms with Crippen LogP contribution < -0.4 is 11.1 Å². The lowest BCUT2D eigenvalue weighted by atomic mass is 10.2. The molecule has 0 radical (unpaired) electrons. The van der Waals surface area contributed by atoms with Gasteiger partial charge < -0.3 is 11.1 Å². The van der Waals surface area contributed by atoms with E-state index in [9.17, 15) is 0 Å². The van der Waals surface area contributed by atoms with Gasteiger partial charge in [0.05, 0.1) is 0 Å². The maximum absolute atomic E-state index is 5.54. The monoisotopic (exact) mass is 173 g/mol. The second-order valence-electron chi connectivity index (χ2n) is 2.72. The highest BCUT2D eigenvalue weighted by molar-refractivity contribution is 8.00. The average Bonchev–Trinajstić information content (AvgIpc) is 2.37. The molecule has 4 heteroatoms. The van der Waals surface area contributed by atoms with Crippen LogP contribution in [0.15, 0.2) is 4.99 Å². The summed E-state index contributed by atoms with van der Waals surface area (Å²) in [7, 11) is 1.70. The van der Waals surface area contributed by atoms with Crippen LogP contribution in [0.1, 0.15) is 13.3 Å². The number of hydrogen-bond acceptors (Lipinski definition) is 2. The lowest BCUT2D eigenvalue weighted by Gasteiger charge is -2.16. The summed E-state index contributed by atoms with van der Waals surface area (Å²) in [5, 5.41) is 3.85. The molecule has 2 unspecified atom stereocenters. The minimum absolute atomic E-state index is 0.517. The number of nitrogens with zero attached hydrogens (tertiary/aromatic N) is 1. The van der Waals surface area contributed by atoms with Crippen molar-refractivity contribution < 1.29 is 0 Å². The molecule has 0 aliphatic carbocycles. The number of nitrogens with one attached hydrogen (secondary N) is 1. The van der Waals surface area contributed by atoms with Crippen molar-refractivity contribution in [1.82, 2.24) is 5.32 Å². The molecule has 64 valence electrons. The van der Waals surface area contributed by atoms with Crippen molar-refractivity contribution in [3.8, 4) is 0 Å². The molecular formula is C7H15N3S. The molecule has 1 heterocycles. The third-order valence-electron chi connectivity index (χ3n) is 1.95. The molecule has 2 atom stereocenters. The molecule has 0 spiro atoms. The van der Waals surface area contributed by atoms with Crippen LogP contribution in [0, 0.1) is 0 Å². The SMILES string of the molecule is CN=C(N)NC1CCSC1C. The summed E-state index contributed by atoms with van der Waals surface area (Å²) in [6, 6.07) is 0.517. The number of nitrogens with two attached hydrogens (primary N) is 1. The van der Waals surface area contributed by atoms with E-state index in [1.165, 1.54) is 12.2 Å². The van der Waals surface area contributed by atoms with Gasteiger partial charge in [0.1, 0.15) is 0 Å². The Bertz CT molecular complexity index is 158. The minimum Gasteiger partial charge on any atom is -0.370 e. The average molecular weight is 173 g/mol. The summed E-state index contributed by atoms with van der Waals surface area (Å²) in [5.41, 5.74) is 5.54. The molecule has 3 N–H and O–H groups in total. The standard InChI is InChI=1S/C7H15N3S/c1-5-6(3-4-11-5)10-7(8)9-2/h5-6H,3-4H2,1-2H3,(H3,8,9,10). The van der Waals surface area contributed by atoms with Crippen LogP contribution in [0.3, 0.4) is 0 Å². The fourth-order valence-corrected chi connectivity index (χ4v) is 2.37. The van der Waals surface area contributed by atoms with Gasteiger partial charge in [0, 0.05) is 18.3 Å². The number of thioether (sulfide) groups is 1. The van der Waals surface area contributed by atoms with Crippen molar-refractivity contribution in [2.45, 2.75) is 24.6 Å². The van der Waals surface area contributed by atoms with E-state index in [-0.39, 0.29) is 0 Å². The molecule has 0 amide bonds. The predicted octanol–water partition coefficient (Wildman–Crippen LogP) is 0.415. The molecule has 0 aromatic carbocycles. The van der Waals surface area contributed by atoms with Crippen LogP contribution in [-0.2, 0) is 0 Å². The quantitative estimate of drug-likeness (QED) is 0.446. The van der Waals surface area contributed by atoms with E-state index >= 15 is 0 Å². The molecule has 0 aromatic heterocycles. The van der Waals surface area contributed by atoms with Crippen molar-refractivity contribution in [3.05, 3.63) is 0 Å². The molecule has 1 aliphatic rings. The fourth-order valence-electron chi connectivity index (χ4n) is 1.18. The van der Waals surface area contributed by atoms with Crippen LogP contribution in [0.25, 0.3) is 0 Å². The van der Waals surface area contributed by atoms with Crippen molar-refractivity contribution in [1.29, 1.82) is 0 Å². The first-order chi connectivity index (χ1) is 5.24. The molecule has 11 heavy (non-hydrogen) atoms. The molecule has 1 fully saturated rings. The van der Waals surface area contributed by atoms with Crippen molar-refractivity contribution in [3.63, 3.8) is 0 Å². The zero-order chi connectivity index (χ0) is 8.27. The minimum atomic E-state index is 0.517. The van der Waals surface area contributed by atoms with Gasteiger partial charge in [-0.3, -0.25) is 4.99 Å². The summed E-state index contributed by atoms with van der Waals surface area (Å²) in [5.74, 6) is 1.79. The normalized spacial score (nSPS) is 32.4. The van der Waals surface area contributed by atoms with E-state index in [0.717, 1.165) is 0 Å². The lowest BCUT2D eigenvalue weighted by molar-refractivity contribution is 0.607. The Morgan fingerprint density at radius 1 is 1.73 bits per heavy atom. The van der Waals surface area contributed by atoms with E-state index in [4.69, 9.17) is 5.73 Å². The predicted molar refractivity (Wildman–Crippen MR) is 51.0 cm³/mol. The Morgan fingerprint density at radius 2 is 2.45 bits per heavy atom. The van der Waals surface area contributed by atoms with Gasteiger partial charge in [0.25, 0.3) is 0 Å². The lowest BCUT2D eigenvalue weighted by Crippen LogP contribution is -2.42. The molecule has 3 nitrogen and oxygen atoms in total. The zero-order valence-electron chi connectivity index (χ0n) is 7.00. The topological polar surface area (TPSA) is 50.4 Å². The van der Waals surface area contributed by atoms with E-state index < -0.39 is 0 Å². The van der Waals surface area contributed by atoms with Crippen molar-refractivity contribution >= 4 is 17.7 Å². The zero-order valence-corrected chi connectivity index (χ0v) is 7.82. The van der Waals surface area contributed by atoms with Crippen LogP contribution in [-0.4, -0.2) is 30.1 Å². The maximum atomic E-state index is 5.54. The van der Waals surface area contributed by atoms with Gasteiger partial charge in [-0.1, -0.05) is 6.92 Å². The Balaban J connectivity index is 2.36. The number of aliphatic imine (C=N–C) groups is 1. The molecule has 1 saturated heterocycles. The van der Waals surface area contributed by atoms with E-state index in [1.807, 2.05) is 11.8 Å². The van der Waals surface area contributed by atoms with Gasteiger partial charge in [-0.2, -0.15) is 11.8 Å².